The summed E-state index contributed by atoms with van der Waals surface area (Å²) in [6.45, 7) is 5.64. The lowest BCUT2D eigenvalue weighted by atomic mass is 9.99. The van der Waals surface area contributed by atoms with Gasteiger partial charge in [0.25, 0.3) is 5.91 Å². The highest BCUT2D eigenvalue weighted by Crippen LogP contribution is 2.28. The molecule has 21 nitrogen and oxygen atoms in total. The molecule has 3 aliphatic rings. The summed E-state index contributed by atoms with van der Waals surface area (Å²) in [7, 11) is 0. The molecule has 0 saturated carbocycles. The van der Waals surface area contributed by atoms with E-state index in [1.165, 1.54) is 30.9 Å². The quantitative estimate of drug-likeness (QED) is 0.0671. The number of nitrogens with two attached hydrogens (primary N) is 1. The number of carbonyl (C=O) groups is 7. The highest BCUT2D eigenvalue weighted by molar-refractivity contribution is 6.00. The molecule has 7 rings (SSSR count). The summed E-state index contributed by atoms with van der Waals surface area (Å²) in [4.78, 5) is 102. The minimum atomic E-state index is -1.68. The van der Waals surface area contributed by atoms with Crippen molar-refractivity contribution in [2.75, 3.05) is 39.3 Å². The monoisotopic (exact) mass is 1100 g/mol. The lowest BCUT2D eigenvalue weighted by Crippen LogP contribution is -2.61. The normalized spacial score (nSPS) is 24.3. The summed E-state index contributed by atoms with van der Waals surface area (Å²) < 4.78 is 5.87. The van der Waals surface area contributed by atoms with Crippen molar-refractivity contribution < 1.29 is 58.7 Å². The van der Waals surface area contributed by atoms with Crippen LogP contribution in [0.15, 0.2) is 97.1 Å². The smallest absolute Gasteiger partial charge is 0.251 e. The van der Waals surface area contributed by atoms with E-state index >= 15 is 0 Å². The Balaban J connectivity index is 1.13. The first-order valence-electron chi connectivity index (χ1n) is 27.7. The second kappa shape index (κ2) is 28.6. The van der Waals surface area contributed by atoms with E-state index in [0.29, 0.717) is 18.7 Å². The van der Waals surface area contributed by atoms with Crippen LogP contribution in [0.5, 0.6) is 11.5 Å². The van der Waals surface area contributed by atoms with Crippen LogP contribution in [-0.2, 0) is 35.2 Å². The third kappa shape index (κ3) is 15.9. The second-order valence-corrected chi connectivity index (χ2v) is 21.0. The van der Waals surface area contributed by atoms with Crippen LogP contribution in [-0.4, -0.2) is 172 Å². The number of aliphatic hydroxyl groups excluding tert-OH is 3. The number of carbonyl (C=O) groups excluding carboxylic acids is 7. The molecule has 430 valence electrons. The van der Waals surface area contributed by atoms with Crippen LogP contribution in [0.2, 0.25) is 0 Å². The summed E-state index contributed by atoms with van der Waals surface area (Å²) in [5.41, 5.74) is 10.4. The van der Waals surface area contributed by atoms with E-state index in [-0.39, 0.29) is 76.0 Å². The molecule has 4 aromatic carbocycles. The van der Waals surface area contributed by atoms with E-state index < -0.39 is 102 Å². The van der Waals surface area contributed by atoms with Gasteiger partial charge in [0.1, 0.15) is 47.8 Å². The Morgan fingerprint density at radius 2 is 1.27 bits per heavy atom. The maximum atomic E-state index is 14.5. The first-order chi connectivity index (χ1) is 38.4. The van der Waals surface area contributed by atoms with Crippen LogP contribution in [0.4, 0.5) is 0 Å². The zero-order chi connectivity index (χ0) is 57.5. The van der Waals surface area contributed by atoms with Gasteiger partial charge in [-0.3, -0.25) is 33.6 Å². The molecule has 3 saturated heterocycles. The Hall–Kier alpha value is -7.43. The number of nitrogens with one attached hydrogen (secondary N) is 6. The van der Waals surface area contributed by atoms with E-state index in [1.807, 2.05) is 48.5 Å². The number of rotatable bonds is 17. The molecule has 4 aromatic rings. The van der Waals surface area contributed by atoms with E-state index in [1.54, 1.807) is 36.4 Å². The number of hydrogen-bond acceptors (Lipinski definition) is 14. The molecule has 12 N–H and O–H groups in total. The van der Waals surface area contributed by atoms with Crippen molar-refractivity contribution in [3.8, 4) is 33.8 Å². The largest absolute Gasteiger partial charge is 0.508 e. The number of benzene rings is 4. The number of amides is 7. The predicted octanol–water partition coefficient (Wildman–Crippen LogP) is 1.63. The maximum Gasteiger partial charge on any atom is 0.251 e. The van der Waals surface area contributed by atoms with Gasteiger partial charge in [-0.25, -0.2) is 0 Å². The molecule has 0 spiro atoms. The zero-order valence-electron chi connectivity index (χ0n) is 45.6. The number of aliphatic hydroxyl groups is 3. The molecule has 7 unspecified atom stereocenters. The van der Waals surface area contributed by atoms with E-state index in [4.69, 9.17) is 10.5 Å². The van der Waals surface area contributed by atoms with Crippen molar-refractivity contribution in [3.63, 3.8) is 0 Å². The Morgan fingerprint density at radius 1 is 0.713 bits per heavy atom. The Labute approximate surface area is 466 Å². The number of nitrogens with zero attached hydrogens (tertiary/aromatic N) is 2. The predicted molar refractivity (Wildman–Crippen MR) is 299 cm³/mol. The number of aryl methyl sites for hydroxylation is 1. The highest BCUT2D eigenvalue weighted by Gasteiger charge is 2.46. The Kier molecular flexibility index (Phi) is 21.6. The summed E-state index contributed by atoms with van der Waals surface area (Å²) in [5.74, 6) is -4.68. The van der Waals surface area contributed by atoms with Gasteiger partial charge in [0.15, 0.2) is 0 Å². The molecular weight excluding hydrogens is 1030 g/mol. The molecule has 3 heterocycles. The summed E-state index contributed by atoms with van der Waals surface area (Å²) in [5, 5.41) is 59.7. The van der Waals surface area contributed by atoms with Gasteiger partial charge >= 0.3 is 0 Å². The average Bonchev–Trinajstić information content (AvgIpc) is 4.12. The van der Waals surface area contributed by atoms with Gasteiger partial charge in [-0.15, -0.1) is 0 Å². The molecule has 10 atom stereocenters. The molecular formula is C59H77N9O12. The standard InChI is InChI=1S/C59H77N9O12/c1-4-5-6-30-80-46-24-20-41(21-25-46)39-14-12-38(13-15-39)40-16-18-42(19-17-40)53(73)63-47-8-7-28-62-56(76)49-31-43(61-29-27-60)33-67(49)58(78)51(35(2)69)66-55(75)48(26-11-37-9-22-44(71)23-10-37)64-57(77)50-32-45(72)34-68(50)59(79)52(36(3)70)65-54(47)74/h9-10,12-25,35-36,43,45,47-52,61,69-72H,4-8,11,26-34,60H2,1-3H3,(H,62,76)(H,63,73)(H,64,77)(H,65,74)(H,66,75)/t35?,36?,43-,45+,47-,48?,49?,50?,51?,52?/m0/s1. The molecule has 0 aromatic heterocycles. The van der Waals surface area contributed by atoms with Crippen LogP contribution < -0.4 is 42.4 Å². The SMILES string of the molecule is CCCCCOc1ccc(-c2ccc(-c3ccc(C(=O)N[C@H]4CCCNC(=O)C5C[C@H](NCCN)CN5C(=O)C(C(C)O)NC(=O)C(CCc5ccc(O)cc5)NC(=O)C5C[C@@H](O)CN5C(=O)C(C(C)O)NC4=O)cc3)cc2)cc1. The number of aromatic hydroxyl groups is 1. The van der Waals surface area contributed by atoms with E-state index in [0.717, 1.165) is 52.2 Å². The number of phenols is 1. The summed E-state index contributed by atoms with van der Waals surface area (Å²) in [6.07, 6.45) is -1.03. The van der Waals surface area contributed by atoms with Gasteiger partial charge in [-0.05, 0) is 117 Å². The number of fused-ring (bicyclic) bond motifs is 2. The fourth-order valence-corrected chi connectivity index (χ4v) is 10.3. The van der Waals surface area contributed by atoms with Crippen molar-refractivity contribution in [2.24, 2.45) is 5.73 Å². The van der Waals surface area contributed by atoms with Crippen molar-refractivity contribution >= 4 is 41.4 Å². The molecule has 7 amide bonds. The molecule has 0 bridgehead atoms. The van der Waals surface area contributed by atoms with E-state index in [2.05, 4.69) is 38.8 Å². The Morgan fingerprint density at radius 3 is 1.86 bits per heavy atom. The minimum absolute atomic E-state index is 0.00387. The first kappa shape index (κ1) is 60.2. The van der Waals surface area contributed by atoms with Crippen molar-refractivity contribution in [1.82, 2.24) is 41.7 Å². The van der Waals surface area contributed by atoms with Crippen molar-refractivity contribution in [2.45, 2.75) is 139 Å². The molecule has 80 heavy (non-hydrogen) atoms. The number of ether oxygens (including phenoxy) is 1. The number of unbranched alkanes of at least 4 members (excludes halogenated alkanes) is 2. The lowest BCUT2D eigenvalue weighted by molar-refractivity contribution is -0.145. The Bertz CT molecular complexity index is 2740. The minimum Gasteiger partial charge on any atom is -0.508 e. The third-order valence-electron chi connectivity index (χ3n) is 14.9. The third-order valence-corrected chi connectivity index (χ3v) is 14.9. The van der Waals surface area contributed by atoms with Crippen LogP contribution >= 0.6 is 0 Å². The molecule has 3 aliphatic heterocycles. The molecule has 0 aliphatic carbocycles. The highest BCUT2D eigenvalue weighted by atomic mass is 16.5. The zero-order valence-corrected chi connectivity index (χ0v) is 45.6. The summed E-state index contributed by atoms with van der Waals surface area (Å²) in [6, 6.07) is 20.0. The van der Waals surface area contributed by atoms with Crippen molar-refractivity contribution in [1.29, 1.82) is 0 Å². The molecule has 0 radical (unpaired) electrons. The first-order valence-corrected chi connectivity index (χ1v) is 27.7. The van der Waals surface area contributed by atoms with Gasteiger partial charge in [0.2, 0.25) is 35.4 Å². The number of phenolic OH excluding ortho intramolecular Hbond substituents is 1. The van der Waals surface area contributed by atoms with Gasteiger partial charge in [-0.2, -0.15) is 0 Å². The fraction of sp³-hybridized carbons (Fsp3) is 0.475. The topological polar surface area (TPSA) is 314 Å². The van der Waals surface area contributed by atoms with Gasteiger partial charge < -0.3 is 72.6 Å². The van der Waals surface area contributed by atoms with Gasteiger partial charge in [-0.1, -0.05) is 80.4 Å². The second-order valence-electron chi connectivity index (χ2n) is 21.0. The lowest BCUT2D eigenvalue weighted by Gasteiger charge is -2.32. The molecule has 21 heteroatoms. The van der Waals surface area contributed by atoms with E-state index in [9.17, 15) is 54.0 Å². The number of hydrogen-bond donors (Lipinski definition) is 11. The van der Waals surface area contributed by atoms with Gasteiger partial charge in [0.05, 0.1) is 24.9 Å². The maximum absolute atomic E-state index is 14.5. The van der Waals surface area contributed by atoms with Crippen LogP contribution in [0, 0.1) is 0 Å². The van der Waals surface area contributed by atoms with Crippen LogP contribution in [0.1, 0.15) is 88.1 Å². The van der Waals surface area contributed by atoms with Gasteiger partial charge in [0, 0.05) is 50.7 Å². The summed E-state index contributed by atoms with van der Waals surface area (Å²) >= 11 is 0. The average molecular weight is 1100 g/mol. The van der Waals surface area contributed by atoms with Crippen LogP contribution in [0.3, 0.4) is 0 Å². The van der Waals surface area contributed by atoms with Crippen LogP contribution in [0.25, 0.3) is 22.3 Å². The fourth-order valence-electron chi connectivity index (χ4n) is 10.3. The molecule has 3 fully saturated rings. The van der Waals surface area contributed by atoms with Crippen molar-refractivity contribution in [3.05, 3.63) is 108 Å².